The molecule has 1 heterocycles. The largest absolute Gasteiger partial charge is 0.508 e. The van der Waals surface area contributed by atoms with E-state index in [0.29, 0.717) is 18.2 Å². The van der Waals surface area contributed by atoms with Crippen LogP contribution in [0.3, 0.4) is 0 Å². The summed E-state index contributed by atoms with van der Waals surface area (Å²) in [6.07, 6.45) is 1.94. The van der Waals surface area contributed by atoms with Gasteiger partial charge >= 0.3 is 0 Å². The first-order chi connectivity index (χ1) is 13.5. The fourth-order valence-corrected chi connectivity index (χ4v) is 3.41. The Hall–Kier alpha value is -2.93. The van der Waals surface area contributed by atoms with Gasteiger partial charge in [0.2, 0.25) is 0 Å². The summed E-state index contributed by atoms with van der Waals surface area (Å²) in [5.74, 6) is 1.93. The van der Waals surface area contributed by atoms with Crippen LogP contribution in [0.1, 0.15) is 13.8 Å². The smallest absolute Gasteiger partial charge is 0.191 e. The summed E-state index contributed by atoms with van der Waals surface area (Å²) in [7, 11) is 0. The van der Waals surface area contributed by atoms with Crippen molar-refractivity contribution in [2.45, 2.75) is 19.0 Å². The Bertz CT molecular complexity index is 879. The first-order valence-electron chi connectivity index (χ1n) is 9.12. The van der Waals surface area contributed by atoms with Crippen LogP contribution in [-0.4, -0.2) is 39.5 Å². The summed E-state index contributed by atoms with van der Waals surface area (Å²) in [6, 6.07) is 16.2. The van der Waals surface area contributed by atoms with Crippen LogP contribution >= 0.6 is 11.8 Å². The van der Waals surface area contributed by atoms with Gasteiger partial charge in [0, 0.05) is 42.7 Å². The Morgan fingerprint density at radius 3 is 1.61 bits per heavy atom. The number of rotatable bonds is 7. The molecule has 0 fully saturated rings. The average Bonchev–Trinajstić information content (AvgIpc) is 2.69. The maximum Gasteiger partial charge on any atom is 0.191 e. The maximum absolute atomic E-state index is 9.87. The van der Waals surface area contributed by atoms with Gasteiger partial charge in [-0.25, -0.2) is 9.97 Å². The van der Waals surface area contributed by atoms with Crippen molar-refractivity contribution in [2.75, 3.05) is 29.1 Å². The van der Waals surface area contributed by atoms with Crippen molar-refractivity contribution in [3.8, 4) is 11.5 Å². The van der Waals surface area contributed by atoms with E-state index in [0.717, 1.165) is 23.0 Å². The molecule has 2 aromatic carbocycles. The van der Waals surface area contributed by atoms with Gasteiger partial charge < -0.3 is 20.0 Å². The van der Waals surface area contributed by atoms with E-state index < -0.39 is 0 Å². The predicted octanol–water partition coefficient (Wildman–Crippen LogP) is 4.93. The number of anilines is 4. The van der Waals surface area contributed by atoms with Crippen molar-refractivity contribution in [1.82, 2.24) is 9.97 Å². The van der Waals surface area contributed by atoms with Crippen molar-refractivity contribution >= 4 is 34.8 Å². The van der Waals surface area contributed by atoms with Crippen LogP contribution in [0, 0.1) is 0 Å². The second kappa shape index (κ2) is 8.84. The van der Waals surface area contributed by atoms with Gasteiger partial charge in [0.25, 0.3) is 0 Å². The minimum absolute atomic E-state index is 0.213. The van der Waals surface area contributed by atoms with Gasteiger partial charge in [0.05, 0.1) is 0 Å². The Kier molecular flexibility index (Phi) is 6.26. The molecule has 3 aromatic rings. The molecule has 0 aliphatic rings. The Balaban J connectivity index is 2.08. The molecule has 3 rings (SSSR count). The van der Waals surface area contributed by atoms with E-state index in [1.54, 1.807) is 24.3 Å². The highest BCUT2D eigenvalue weighted by molar-refractivity contribution is 7.98. The third kappa shape index (κ3) is 4.31. The molecule has 0 unspecified atom stereocenters. The molecule has 0 atom stereocenters. The number of nitrogens with zero attached hydrogens (tertiary/aromatic N) is 4. The monoisotopic (exact) mass is 396 g/mol. The molecule has 2 N–H and O–H groups in total. The summed E-state index contributed by atoms with van der Waals surface area (Å²) in [5, 5.41) is 20.4. The van der Waals surface area contributed by atoms with E-state index in [-0.39, 0.29) is 11.5 Å². The Morgan fingerprint density at radius 1 is 0.786 bits per heavy atom. The number of phenolic OH excluding ortho intramolecular Hbond substituents is 2. The SMILES string of the molecule is CCN(c1cccc(O)c1)c1cc(N(CC)c2cccc(O)c2)nc(SC)n1. The number of hydrogen-bond acceptors (Lipinski definition) is 7. The van der Waals surface area contributed by atoms with Crippen LogP contribution in [-0.2, 0) is 0 Å². The van der Waals surface area contributed by atoms with Crippen LogP contribution in [0.4, 0.5) is 23.0 Å². The molecule has 146 valence electrons. The van der Waals surface area contributed by atoms with Crippen molar-refractivity contribution in [2.24, 2.45) is 0 Å². The molecular weight excluding hydrogens is 372 g/mol. The molecule has 1 aromatic heterocycles. The van der Waals surface area contributed by atoms with Gasteiger partial charge in [-0.2, -0.15) is 0 Å². The van der Waals surface area contributed by atoms with Crippen molar-refractivity contribution in [3.63, 3.8) is 0 Å². The van der Waals surface area contributed by atoms with Gasteiger partial charge in [0.15, 0.2) is 5.16 Å². The van der Waals surface area contributed by atoms with Crippen LogP contribution in [0.25, 0.3) is 0 Å². The molecule has 0 amide bonds. The Labute approximate surface area is 169 Å². The lowest BCUT2D eigenvalue weighted by Gasteiger charge is -2.26. The van der Waals surface area contributed by atoms with Crippen LogP contribution in [0.5, 0.6) is 11.5 Å². The standard InChI is InChI=1S/C21H24N4O2S/c1-4-24(15-8-6-10-17(26)12-15)19-14-20(23-21(22-19)28-3)25(5-2)16-9-7-11-18(27)13-16/h6-14,26-27H,4-5H2,1-3H3. The van der Waals surface area contributed by atoms with E-state index in [2.05, 4.69) is 9.97 Å². The molecule has 0 saturated heterocycles. The summed E-state index contributed by atoms with van der Waals surface area (Å²) < 4.78 is 0. The third-order valence-corrected chi connectivity index (χ3v) is 4.88. The van der Waals surface area contributed by atoms with Crippen molar-refractivity contribution in [1.29, 1.82) is 0 Å². The average molecular weight is 397 g/mol. The van der Waals surface area contributed by atoms with E-state index in [1.165, 1.54) is 11.8 Å². The molecule has 0 saturated carbocycles. The number of aromatic hydroxyl groups is 2. The molecule has 0 bridgehead atoms. The first-order valence-corrected chi connectivity index (χ1v) is 10.3. The molecule has 28 heavy (non-hydrogen) atoms. The molecule has 6 nitrogen and oxygen atoms in total. The molecular formula is C21H24N4O2S. The van der Waals surface area contributed by atoms with E-state index in [9.17, 15) is 10.2 Å². The molecule has 0 radical (unpaired) electrons. The third-order valence-electron chi connectivity index (χ3n) is 4.33. The van der Waals surface area contributed by atoms with Crippen molar-refractivity contribution < 1.29 is 10.2 Å². The lowest BCUT2D eigenvalue weighted by atomic mass is 10.2. The zero-order valence-corrected chi connectivity index (χ0v) is 17.0. The van der Waals surface area contributed by atoms with Gasteiger partial charge in [-0.1, -0.05) is 23.9 Å². The molecule has 0 aliphatic heterocycles. The molecule has 0 aliphatic carbocycles. The highest BCUT2D eigenvalue weighted by Crippen LogP contribution is 2.33. The lowest BCUT2D eigenvalue weighted by molar-refractivity contribution is 0.475. The minimum atomic E-state index is 0.213. The first kappa shape index (κ1) is 19.8. The number of phenols is 2. The van der Waals surface area contributed by atoms with Crippen molar-refractivity contribution in [3.05, 3.63) is 54.6 Å². The number of thioether (sulfide) groups is 1. The summed E-state index contributed by atoms with van der Waals surface area (Å²) in [6.45, 7) is 5.45. The van der Waals surface area contributed by atoms with Crippen LogP contribution in [0.15, 0.2) is 59.8 Å². The number of hydrogen-bond donors (Lipinski definition) is 2. The topological polar surface area (TPSA) is 72.7 Å². The Morgan fingerprint density at radius 2 is 1.25 bits per heavy atom. The quantitative estimate of drug-likeness (QED) is 0.433. The van der Waals surface area contributed by atoms with E-state index in [4.69, 9.17) is 0 Å². The maximum atomic E-state index is 9.87. The fourth-order valence-electron chi connectivity index (χ4n) is 3.04. The normalized spacial score (nSPS) is 10.7. The highest BCUT2D eigenvalue weighted by atomic mass is 32.2. The zero-order valence-electron chi connectivity index (χ0n) is 16.2. The summed E-state index contributed by atoms with van der Waals surface area (Å²) in [4.78, 5) is 13.4. The highest BCUT2D eigenvalue weighted by Gasteiger charge is 2.17. The van der Waals surface area contributed by atoms with Gasteiger partial charge in [0.1, 0.15) is 23.1 Å². The van der Waals surface area contributed by atoms with E-state index in [1.807, 2.05) is 60.2 Å². The predicted molar refractivity (Wildman–Crippen MR) is 115 cm³/mol. The fraction of sp³-hybridized carbons (Fsp3) is 0.238. The van der Waals surface area contributed by atoms with Gasteiger partial charge in [-0.15, -0.1) is 0 Å². The zero-order chi connectivity index (χ0) is 20.1. The minimum Gasteiger partial charge on any atom is -0.508 e. The summed E-state index contributed by atoms with van der Waals surface area (Å²) in [5.41, 5.74) is 1.72. The lowest BCUT2D eigenvalue weighted by Crippen LogP contribution is -2.21. The van der Waals surface area contributed by atoms with Crippen LogP contribution in [0.2, 0.25) is 0 Å². The van der Waals surface area contributed by atoms with Crippen LogP contribution < -0.4 is 9.80 Å². The molecule has 0 spiro atoms. The number of benzene rings is 2. The van der Waals surface area contributed by atoms with Gasteiger partial charge in [-0.05, 0) is 44.4 Å². The number of aromatic nitrogens is 2. The second-order valence-electron chi connectivity index (χ2n) is 6.10. The van der Waals surface area contributed by atoms with E-state index >= 15 is 0 Å². The second-order valence-corrected chi connectivity index (χ2v) is 6.87. The molecule has 7 heteroatoms. The van der Waals surface area contributed by atoms with Gasteiger partial charge in [-0.3, -0.25) is 0 Å². The summed E-state index contributed by atoms with van der Waals surface area (Å²) >= 11 is 1.48.